The van der Waals surface area contributed by atoms with Gasteiger partial charge in [0.15, 0.2) is 0 Å². The molecule has 25 heavy (non-hydrogen) atoms. The fourth-order valence-corrected chi connectivity index (χ4v) is 4.41. The summed E-state index contributed by atoms with van der Waals surface area (Å²) in [6, 6.07) is 15.4. The Morgan fingerprint density at radius 3 is 2.84 bits per heavy atom. The van der Waals surface area contributed by atoms with E-state index in [4.69, 9.17) is 5.73 Å². The SMILES string of the molecule is NCCC(=O)NCC1CCCCN1Cc1ccc(-c2ccccc2)s1. The van der Waals surface area contributed by atoms with Gasteiger partial charge in [0, 0.05) is 41.9 Å². The smallest absolute Gasteiger partial charge is 0.221 e. The normalized spacial score (nSPS) is 18.2. The van der Waals surface area contributed by atoms with Crippen molar-refractivity contribution in [1.29, 1.82) is 0 Å². The Balaban J connectivity index is 1.60. The maximum absolute atomic E-state index is 11.7. The minimum Gasteiger partial charge on any atom is -0.354 e. The molecule has 1 saturated heterocycles. The Labute approximate surface area is 154 Å². The summed E-state index contributed by atoms with van der Waals surface area (Å²) >= 11 is 1.87. The van der Waals surface area contributed by atoms with Crippen LogP contribution in [-0.2, 0) is 11.3 Å². The van der Waals surface area contributed by atoms with Crippen molar-refractivity contribution in [3.8, 4) is 10.4 Å². The molecule has 1 aliphatic heterocycles. The van der Waals surface area contributed by atoms with Crippen LogP contribution in [0.3, 0.4) is 0 Å². The Hall–Kier alpha value is -1.69. The summed E-state index contributed by atoms with van der Waals surface area (Å²) in [6.45, 7) is 3.22. The first-order valence-corrected chi connectivity index (χ1v) is 9.93. The number of rotatable bonds is 7. The van der Waals surface area contributed by atoms with Crippen LogP contribution in [0.2, 0.25) is 0 Å². The third-order valence-corrected chi connectivity index (χ3v) is 5.85. The van der Waals surface area contributed by atoms with Crippen molar-refractivity contribution in [3.63, 3.8) is 0 Å². The molecule has 5 heteroatoms. The molecule has 1 unspecified atom stereocenters. The lowest BCUT2D eigenvalue weighted by molar-refractivity contribution is -0.121. The number of hydrogen-bond acceptors (Lipinski definition) is 4. The number of hydrogen-bond donors (Lipinski definition) is 2. The van der Waals surface area contributed by atoms with Crippen molar-refractivity contribution >= 4 is 17.2 Å². The highest BCUT2D eigenvalue weighted by atomic mass is 32.1. The molecule has 134 valence electrons. The van der Waals surface area contributed by atoms with E-state index in [1.165, 1.54) is 28.2 Å². The van der Waals surface area contributed by atoms with Gasteiger partial charge in [-0.3, -0.25) is 9.69 Å². The first-order chi connectivity index (χ1) is 12.3. The fraction of sp³-hybridized carbons (Fsp3) is 0.450. The molecule has 1 amide bonds. The van der Waals surface area contributed by atoms with Crippen LogP contribution in [0.4, 0.5) is 0 Å². The van der Waals surface area contributed by atoms with E-state index in [-0.39, 0.29) is 5.91 Å². The van der Waals surface area contributed by atoms with Gasteiger partial charge in [0.1, 0.15) is 0 Å². The lowest BCUT2D eigenvalue weighted by Gasteiger charge is -2.35. The number of piperidine rings is 1. The van der Waals surface area contributed by atoms with E-state index in [9.17, 15) is 4.79 Å². The summed E-state index contributed by atoms with van der Waals surface area (Å²) in [4.78, 5) is 16.9. The van der Waals surface area contributed by atoms with Crippen LogP contribution < -0.4 is 11.1 Å². The molecular weight excluding hydrogens is 330 g/mol. The number of thiophene rings is 1. The second kappa shape index (κ2) is 9.13. The minimum absolute atomic E-state index is 0.0653. The number of benzene rings is 1. The number of carbonyl (C=O) groups excluding carboxylic acids is 1. The van der Waals surface area contributed by atoms with Crippen LogP contribution in [0.15, 0.2) is 42.5 Å². The molecule has 0 spiro atoms. The van der Waals surface area contributed by atoms with E-state index >= 15 is 0 Å². The fourth-order valence-electron chi connectivity index (χ4n) is 3.37. The molecule has 1 aromatic carbocycles. The zero-order valence-corrected chi connectivity index (χ0v) is 15.4. The van der Waals surface area contributed by atoms with Crippen molar-refractivity contribution in [2.24, 2.45) is 5.73 Å². The minimum atomic E-state index is 0.0653. The molecule has 0 radical (unpaired) electrons. The van der Waals surface area contributed by atoms with Gasteiger partial charge in [0.2, 0.25) is 5.91 Å². The molecule has 1 aromatic heterocycles. The van der Waals surface area contributed by atoms with E-state index in [1.54, 1.807) is 0 Å². The van der Waals surface area contributed by atoms with E-state index in [0.717, 1.165) is 26.1 Å². The predicted molar refractivity (Wildman–Crippen MR) is 104 cm³/mol. The lowest BCUT2D eigenvalue weighted by Crippen LogP contribution is -2.46. The number of nitrogens with one attached hydrogen (secondary N) is 1. The molecule has 2 heterocycles. The summed E-state index contributed by atoms with van der Waals surface area (Å²) in [7, 11) is 0. The van der Waals surface area contributed by atoms with Crippen molar-refractivity contribution in [2.45, 2.75) is 38.3 Å². The number of nitrogens with two attached hydrogens (primary N) is 1. The maximum atomic E-state index is 11.7. The summed E-state index contributed by atoms with van der Waals surface area (Å²) in [6.07, 6.45) is 4.05. The highest BCUT2D eigenvalue weighted by Gasteiger charge is 2.23. The number of amides is 1. The molecular formula is C20H27N3OS. The van der Waals surface area contributed by atoms with Crippen LogP contribution in [-0.4, -0.2) is 36.5 Å². The van der Waals surface area contributed by atoms with Gasteiger partial charge >= 0.3 is 0 Å². The van der Waals surface area contributed by atoms with Gasteiger partial charge in [-0.05, 0) is 37.1 Å². The van der Waals surface area contributed by atoms with Crippen molar-refractivity contribution in [3.05, 3.63) is 47.3 Å². The largest absolute Gasteiger partial charge is 0.354 e. The first kappa shape index (κ1) is 18.1. The third kappa shape index (κ3) is 5.14. The van der Waals surface area contributed by atoms with Crippen LogP contribution in [0.5, 0.6) is 0 Å². The summed E-state index contributed by atoms with van der Waals surface area (Å²) in [5.74, 6) is 0.0653. The standard InChI is InChI=1S/C20H27N3OS/c21-12-11-20(24)22-14-17-8-4-5-13-23(17)15-18-9-10-19(25-18)16-6-2-1-3-7-16/h1-3,6-7,9-10,17H,4-5,8,11-15,21H2,(H,22,24). The number of nitrogens with zero attached hydrogens (tertiary/aromatic N) is 1. The highest BCUT2D eigenvalue weighted by Crippen LogP contribution is 2.30. The van der Waals surface area contributed by atoms with Crippen LogP contribution in [0.25, 0.3) is 10.4 Å². The van der Waals surface area contributed by atoms with E-state index in [0.29, 0.717) is 19.0 Å². The molecule has 0 aliphatic carbocycles. The second-order valence-corrected chi connectivity index (χ2v) is 7.76. The van der Waals surface area contributed by atoms with Gasteiger partial charge in [-0.15, -0.1) is 11.3 Å². The van der Waals surface area contributed by atoms with Gasteiger partial charge in [0.25, 0.3) is 0 Å². The van der Waals surface area contributed by atoms with Crippen LogP contribution >= 0.6 is 11.3 Å². The highest BCUT2D eigenvalue weighted by molar-refractivity contribution is 7.15. The van der Waals surface area contributed by atoms with Gasteiger partial charge in [-0.25, -0.2) is 0 Å². The Bertz CT molecular complexity index is 671. The second-order valence-electron chi connectivity index (χ2n) is 6.59. The van der Waals surface area contributed by atoms with Gasteiger partial charge in [0.05, 0.1) is 0 Å². The number of carbonyl (C=O) groups is 1. The van der Waals surface area contributed by atoms with E-state index in [1.807, 2.05) is 11.3 Å². The first-order valence-electron chi connectivity index (χ1n) is 9.11. The Morgan fingerprint density at radius 2 is 2.04 bits per heavy atom. The summed E-state index contributed by atoms with van der Waals surface area (Å²) in [5.41, 5.74) is 6.73. The van der Waals surface area contributed by atoms with E-state index < -0.39 is 0 Å². The molecule has 0 bridgehead atoms. The average molecular weight is 358 g/mol. The van der Waals surface area contributed by atoms with E-state index in [2.05, 4.69) is 52.7 Å². The molecule has 1 aliphatic rings. The Morgan fingerprint density at radius 1 is 1.20 bits per heavy atom. The monoisotopic (exact) mass is 357 g/mol. The quantitative estimate of drug-likeness (QED) is 0.800. The van der Waals surface area contributed by atoms with Crippen molar-refractivity contribution < 1.29 is 4.79 Å². The molecule has 0 saturated carbocycles. The zero-order chi connectivity index (χ0) is 17.5. The lowest BCUT2D eigenvalue weighted by atomic mass is 10.0. The number of likely N-dealkylation sites (tertiary alicyclic amines) is 1. The predicted octanol–water partition coefficient (Wildman–Crippen LogP) is 3.23. The molecule has 1 fully saturated rings. The molecule has 2 aromatic rings. The van der Waals surface area contributed by atoms with Gasteiger partial charge < -0.3 is 11.1 Å². The summed E-state index contributed by atoms with van der Waals surface area (Å²) in [5, 5.41) is 3.04. The van der Waals surface area contributed by atoms with Crippen molar-refractivity contribution in [2.75, 3.05) is 19.6 Å². The summed E-state index contributed by atoms with van der Waals surface area (Å²) < 4.78 is 0. The molecule has 4 nitrogen and oxygen atoms in total. The van der Waals surface area contributed by atoms with Crippen LogP contribution in [0, 0.1) is 0 Å². The molecule has 1 atom stereocenters. The zero-order valence-electron chi connectivity index (χ0n) is 14.6. The van der Waals surface area contributed by atoms with Gasteiger partial charge in [-0.1, -0.05) is 36.8 Å². The van der Waals surface area contributed by atoms with Crippen molar-refractivity contribution in [1.82, 2.24) is 10.2 Å². The maximum Gasteiger partial charge on any atom is 0.221 e. The van der Waals surface area contributed by atoms with Crippen LogP contribution in [0.1, 0.15) is 30.6 Å². The average Bonchev–Trinajstić information content (AvgIpc) is 3.11. The topological polar surface area (TPSA) is 58.4 Å². The molecule has 3 N–H and O–H groups in total. The van der Waals surface area contributed by atoms with Gasteiger partial charge in [-0.2, -0.15) is 0 Å². The Kier molecular flexibility index (Phi) is 6.62. The third-order valence-electron chi connectivity index (χ3n) is 4.73. The molecule has 3 rings (SSSR count).